The van der Waals surface area contributed by atoms with Crippen molar-refractivity contribution < 1.29 is 4.79 Å². The summed E-state index contributed by atoms with van der Waals surface area (Å²) in [5, 5.41) is 6.87. The van der Waals surface area contributed by atoms with Gasteiger partial charge in [0.15, 0.2) is 0 Å². The van der Waals surface area contributed by atoms with Crippen LogP contribution in [0.15, 0.2) is 18.3 Å². The third-order valence-electron chi connectivity index (χ3n) is 3.62. The lowest BCUT2D eigenvalue weighted by Gasteiger charge is -2.27. The van der Waals surface area contributed by atoms with Gasteiger partial charge in [-0.05, 0) is 44.1 Å². The number of amides is 1. The topological polar surface area (TPSA) is 54.0 Å². The molecule has 1 amide bonds. The number of pyridine rings is 1. The molecule has 0 saturated heterocycles. The number of carbonyl (C=O) groups is 1. The molecule has 19 heavy (non-hydrogen) atoms. The van der Waals surface area contributed by atoms with Crippen LogP contribution in [0.4, 0.5) is 5.69 Å². The molecule has 1 heterocycles. The van der Waals surface area contributed by atoms with Crippen LogP contribution >= 0.6 is 11.8 Å². The predicted molar refractivity (Wildman–Crippen MR) is 80.8 cm³/mol. The van der Waals surface area contributed by atoms with Crippen LogP contribution in [0.5, 0.6) is 0 Å². The highest BCUT2D eigenvalue weighted by atomic mass is 32.2. The lowest BCUT2D eigenvalue weighted by atomic mass is 9.95. The molecule has 0 aromatic carbocycles. The first-order valence-electron chi connectivity index (χ1n) is 6.70. The minimum absolute atomic E-state index is 0.0651. The highest BCUT2D eigenvalue weighted by Gasteiger charge is 2.22. The first-order chi connectivity index (χ1) is 9.22. The molecule has 1 aliphatic rings. The van der Waals surface area contributed by atoms with Gasteiger partial charge in [0.25, 0.3) is 5.91 Å². The van der Waals surface area contributed by atoms with Crippen molar-refractivity contribution in [2.24, 2.45) is 0 Å². The second-order valence-electron chi connectivity index (χ2n) is 4.86. The van der Waals surface area contributed by atoms with E-state index in [1.807, 2.05) is 24.9 Å². The lowest BCUT2D eigenvalue weighted by Crippen LogP contribution is -2.38. The zero-order chi connectivity index (χ0) is 13.7. The second kappa shape index (κ2) is 6.80. The first kappa shape index (κ1) is 14.2. The molecule has 1 fully saturated rings. The maximum Gasteiger partial charge on any atom is 0.270 e. The fourth-order valence-corrected chi connectivity index (χ4v) is 3.16. The van der Waals surface area contributed by atoms with Crippen molar-refractivity contribution in [3.8, 4) is 0 Å². The summed E-state index contributed by atoms with van der Waals surface area (Å²) in [6.45, 7) is 0. The van der Waals surface area contributed by atoms with Crippen molar-refractivity contribution in [2.45, 2.75) is 37.0 Å². The van der Waals surface area contributed by atoms with Crippen LogP contribution in [0, 0.1) is 0 Å². The third kappa shape index (κ3) is 3.86. The number of carbonyl (C=O) groups excluding carboxylic acids is 1. The lowest BCUT2D eigenvalue weighted by molar-refractivity contribution is 0.0923. The Bertz CT molecular complexity index is 430. The molecule has 0 bridgehead atoms. The Hall–Kier alpha value is -1.23. The molecule has 0 atom stereocenters. The van der Waals surface area contributed by atoms with E-state index >= 15 is 0 Å². The van der Waals surface area contributed by atoms with E-state index in [2.05, 4.69) is 21.9 Å². The molecule has 0 radical (unpaired) electrons. The third-order valence-corrected chi connectivity index (χ3v) is 4.76. The van der Waals surface area contributed by atoms with Crippen molar-refractivity contribution in [3.05, 3.63) is 24.0 Å². The van der Waals surface area contributed by atoms with Crippen LogP contribution in [-0.4, -0.2) is 35.5 Å². The van der Waals surface area contributed by atoms with E-state index in [4.69, 9.17) is 0 Å². The van der Waals surface area contributed by atoms with E-state index in [0.717, 1.165) is 23.8 Å². The number of thioether (sulfide) groups is 1. The average molecular weight is 279 g/mol. The number of aromatic nitrogens is 1. The molecule has 2 rings (SSSR count). The predicted octanol–water partition coefficient (Wildman–Crippen LogP) is 2.53. The van der Waals surface area contributed by atoms with Crippen LogP contribution in [0.1, 0.15) is 36.2 Å². The Morgan fingerprint density at radius 2 is 2.11 bits per heavy atom. The van der Waals surface area contributed by atoms with Gasteiger partial charge >= 0.3 is 0 Å². The second-order valence-corrected chi connectivity index (χ2v) is 6.00. The van der Waals surface area contributed by atoms with Gasteiger partial charge in [-0.25, -0.2) is 0 Å². The van der Waals surface area contributed by atoms with Gasteiger partial charge in [0, 0.05) is 30.2 Å². The molecule has 1 saturated carbocycles. The van der Waals surface area contributed by atoms with Crippen molar-refractivity contribution in [2.75, 3.05) is 18.6 Å². The monoisotopic (exact) mass is 279 g/mol. The van der Waals surface area contributed by atoms with Gasteiger partial charge < -0.3 is 10.6 Å². The van der Waals surface area contributed by atoms with E-state index in [-0.39, 0.29) is 5.91 Å². The number of anilines is 1. The Balaban J connectivity index is 1.90. The summed E-state index contributed by atoms with van der Waals surface area (Å²) >= 11 is 1.93. The number of hydrogen-bond acceptors (Lipinski definition) is 4. The quantitative estimate of drug-likeness (QED) is 0.889. The standard InChI is InChI=1S/C14H21N3OS/c1-15-11-7-8-16-13(9-11)14(18)17-10-3-5-12(19-2)6-4-10/h7-10,12H,3-6H2,1-2H3,(H,15,16)(H,17,18). The molecule has 1 aromatic heterocycles. The summed E-state index contributed by atoms with van der Waals surface area (Å²) in [7, 11) is 1.83. The summed E-state index contributed by atoms with van der Waals surface area (Å²) in [5.74, 6) is -0.0651. The van der Waals surface area contributed by atoms with Crippen LogP contribution in [0.25, 0.3) is 0 Å². The van der Waals surface area contributed by atoms with Crippen molar-refractivity contribution in [1.82, 2.24) is 10.3 Å². The first-order valence-corrected chi connectivity index (χ1v) is 7.99. The molecular formula is C14H21N3OS. The van der Waals surface area contributed by atoms with E-state index in [0.29, 0.717) is 11.7 Å². The molecule has 104 valence electrons. The maximum absolute atomic E-state index is 12.1. The number of rotatable bonds is 4. The molecule has 1 aliphatic carbocycles. The number of hydrogen-bond donors (Lipinski definition) is 2. The molecule has 4 nitrogen and oxygen atoms in total. The fourth-order valence-electron chi connectivity index (χ4n) is 2.41. The summed E-state index contributed by atoms with van der Waals surface area (Å²) in [5.41, 5.74) is 1.39. The van der Waals surface area contributed by atoms with Gasteiger partial charge in [0.1, 0.15) is 5.69 Å². The zero-order valence-electron chi connectivity index (χ0n) is 11.5. The van der Waals surface area contributed by atoms with Gasteiger partial charge in [-0.2, -0.15) is 11.8 Å². The van der Waals surface area contributed by atoms with E-state index in [9.17, 15) is 4.79 Å². The van der Waals surface area contributed by atoms with Gasteiger partial charge in [0.2, 0.25) is 0 Å². The molecule has 5 heteroatoms. The average Bonchev–Trinajstić information content (AvgIpc) is 2.48. The Morgan fingerprint density at radius 3 is 2.74 bits per heavy atom. The minimum atomic E-state index is -0.0651. The summed E-state index contributed by atoms with van der Waals surface area (Å²) in [6, 6.07) is 3.93. The normalized spacial score (nSPS) is 22.8. The number of nitrogens with one attached hydrogen (secondary N) is 2. The largest absolute Gasteiger partial charge is 0.388 e. The van der Waals surface area contributed by atoms with Crippen LogP contribution in [0.3, 0.4) is 0 Å². The Labute approximate surface area is 118 Å². The molecular weight excluding hydrogens is 258 g/mol. The van der Waals surface area contributed by atoms with Crippen LogP contribution in [-0.2, 0) is 0 Å². The smallest absolute Gasteiger partial charge is 0.270 e. The summed E-state index contributed by atoms with van der Waals surface area (Å²) in [6.07, 6.45) is 8.35. The molecule has 0 aliphatic heterocycles. The van der Waals surface area contributed by atoms with Gasteiger partial charge in [0.05, 0.1) is 0 Å². The van der Waals surface area contributed by atoms with Gasteiger partial charge in [-0.1, -0.05) is 0 Å². The number of nitrogens with zero attached hydrogens (tertiary/aromatic N) is 1. The molecule has 0 spiro atoms. The highest BCUT2D eigenvalue weighted by Crippen LogP contribution is 2.26. The summed E-state index contributed by atoms with van der Waals surface area (Å²) in [4.78, 5) is 16.3. The molecule has 0 unspecified atom stereocenters. The van der Waals surface area contributed by atoms with Crippen molar-refractivity contribution in [3.63, 3.8) is 0 Å². The van der Waals surface area contributed by atoms with Crippen LogP contribution < -0.4 is 10.6 Å². The van der Waals surface area contributed by atoms with E-state index < -0.39 is 0 Å². The Morgan fingerprint density at radius 1 is 1.37 bits per heavy atom. The fraction of sp³-hybridized carbons (Fsp3) is 0.571. The SMILES string of the molecule is CNc1ccnc(C(=O)NC2CCC(SC)CC2)c1. The molecule has 1 aromatic rings. The van der Waals surface area contributed by atoms with Crippen LogP contribution in [0.2, 0.25) is 0 Å². The van der Waals surface area contributed by atoms with Gasteiger partial charge in [-0.3, -0.25) is 9.78 Å². The van der Waals surface area contributed by atoms with E-state index in [1.165, 1.54) is 12.8 Å². The Kier molecular flexibility index (Phi) is 5.07. The highest BCUT2D eigenvalue weighted by molar-refractivity contribution is 7.99. The maximum atomic E-state index is 12.1. The zero-order valence-corrected chi connectivity index (χ0v) is 12.3. The van der Waals surface area contributed by atoms with Crippen molar-refractivity contribution in [1.29, 1.82) is 0 Å². The van der Waals surface area contributed by atoms with E-state index in [1.54, 1.807) is 12.3 Å². The minimum Gasteiger partial charge on any atom is -0.388 e. The summed E-state index contributed by atoms with van der Waals surface area (Å²) < 4.78 is 0. The van der Waals surface area contributed by atoms with Gasteiger partial charge in [-0.15, -0.1) is 0 Å². The molecule has 2 N–H and O–H groups in total. The van der Waals surface area contributed by atoms with Crippen molar-refractivity contribution >= 4 is 23.4 Å².